The summed E-state index contributed by atoms with van der Waals surface area (Å²) >= 11 is 0. The highest BCUT2D eigenvalue weighted by molar-refractivity contribution is 6.04. The van der Waals surface area contributed by atoms with E-state index in [1.54, 1.807) is 0 Å². The molecule has 0 saturated carbocycles. The van der Waals surface area contributed by atoms with Crippen LogP contribution in [0.25, 0.3) is 0 Å². The Balaban J connectivity index is 1.72. The smallest absolute Gasteiger partial charge is 0.174 e. The van der Waals surface area contributed by atoms with Crippen molar-refractivity contribution >= 4 is 5.78 Å². The van der Waals surface area contributed by atoms with Gasteiger partial charge >= 0.3 is 0 Å². The van der Waals surface area contributed by atoms with Crippen LogP contribution < -0.4 is 4.74 Å². The van der Waals surface area contributed by atoms with Gasteiger partial charge in [0.25, 0.3) is 0 Å². The number of fused-ring (bicyclic) bond motifs is 1. The highest BCUT2D eigenvalue weighted by Gasteiger charge is 2.51. The van der Waals surface area contributed by atoms with Crippen LogP contribution in [0.3, 0.4) is 0 Å². The first-order valence-electron chi connectivity index (χ1n) is 13.1. The van der Waals surface area contributed by atoms with Crippen molar-refractivity contribution in [3.05, 3.63) is 46.5 Å². The van der Waals surface area contributed by atoms with Crippen LogP contribution >= 0.6 is 0 Å². The Kier molecular flexibility index (Phi) is 8.34. The first-order chi connectivity index (χ1) is 19.9. The molecule has 15 heteroatoms. The molecular formula is C27H32O15. The van der Waals surface area contributed by atoms with E-state index in [1.165, 1.54) is 24.3 Å². The quantitative estimate of drug-likeness (QED) is 0.171. The molecule has 2 aromatic rings. The molecule has 2 saturated heterocycles. The lowest BCUT2D eigenvalue weighted by Gasteiger charge is -2.43. The number of carbonyl (C=O) groups is 1. The number of Topliss-reactive ketones (excluding diaryl/α,β-unsaturated/α-hetero) is 1. The first-order valence-corrected chi connectivity index (χ1v) is 13.1. The Morgan fingerprint density at radius 1 is 0.667 bits per heavy atom. The lowest BCUT2D eigenvalue weighted by molar-refractivity contribution is -0.234. The summed E-state index contributed by atoms with van der Waals surface area (Å²) in [5.74, 6) is -3.21. The summed E-state index contributed by atoms with van der Waals surface area (Å²) in [7, 11) is 0. The van der Waals surface area contributed by atoms with Crippen LogP contribution in [0.1, 0.15) is 51.8 Å². The molecule has 5 rings (SSSR count). The fraction of sp³-hybridized carbons (Fsp3) is 0.519. The van der Waals surface area contributed by atoms with Crippen LogP contribution in [0.15, 0.2) is 24.3 Å². The average molecular weight is 597 g/mol. The van der Waals surface area contributed by atoms with Crippen molar-refractivity contribution in [1.29, 1.82) is 0 Å². The van der Waals surface area contributed by atoms with E-state index in [1.807, 2.05) is 0 Å². The molecule has 0 bridgehead atoms. The van der Waals surface area contributed by atoms with Gasteiger partial charge in [-0.3, -0.25) is 4.79 Å². The van der Waals surface area contributed by atoms with E-state index in [-0.39, 0.29) is 12.2 Å². The number of phenols is 3. The highest BCUT2D eigenvalue weighted by Crippen LogP contribution is 2.55. The zero-order chi connectivity index (χ0) is 30.6. The van der Waals surface area contributed by atoms with Gasteiger partial charge in [0.15, 0.2) is 5.78 Å². The van der Waals surface area contributed by atoms with Crippen LogP contribution in [-0.2, 0) is 9.47 Å². The highest BCUT2D eigenvalue weighted by atomic mass is 16.6. The third-order valence-corrected chi connectivity index (χ3v) is 8.00. The maximum absolute atomic E-state index is 13.5. The Bertz CT molecular complexity index is 1310. The Morgan fingerprint density at radius 3 is 1.67 bits per heavy atom. The Hall–Kier alpha value is -3.09. The van der Waals surface area contributed by atoms with Crippen molar-refractivity contribution in [2.75, 3.05) is 13.2 Å². The van der Waals surface area contributed by atoms with Crippen LogP contribution in [0.4, 0.5) is 0 Å². The second kappa shape index (κ2) is 11.5. The van der Waals surface area contributed by atoms with Gasteiger partial charge in [0.1, 0.15) is 95.7 Å². The van der Waals surface area contributed by atoms with Gasteiger partial charge in [-0.15, -0.1) is 0 Å². The minimum Gasteiger partial charge on any atom is -0.508 e. The summed E-state index contributed by atoms with van der Waals surface area (Å²) in [5.41, 5.74) is -1.34. The van der Waals surface area contributed by atoms with E-state index in [9.17, 15) is 61.0 Å². The number of rotatable bonds is 5. The number of ether oxygens (including phenoxy) is 3. The van der Waals surface area contributed by atoms with E-state index in [4.69, 9.17) is 14.2 Å². The molecule has 15 nitrogen and oxygen atoms in total. The molecule has 0 aromatic heterocycles. The second-order valence-electron chi connectivity index (χ2n) is 10.6. The molecule has 230 valence electrons. The zero-order valence-corrected chi connectivity index (χ0v) is 21.8. The summed E-state index contributed by atoms with van der Waals surface area (Å²) in [6, 6.07) is 5.62. The molecule has 0 spiro atoms. The van der Waals surface area contributed by atoms with Gasteiger partial charge in [-0.05, 0) is 17.7 Å². The van der Waals surface area contributed by atoms with E-state index in [0.29, 0.717) is 5.56 Å². The van der Waals surface area contributed by atoms with Crippen molar-refractivity contribution < 1.29 is 75.2 Å². The van der Waals surface area contributed by atoms with Crippen molar-refractivity contribution in [2.24, 2.45) is 0 Å². The average Bonchev–Trinajstić information content (AvgIpc) is 2.97. The minimum atomic E-state index is -2.01. The third kappa shape index (κ3) is 4.87. The van der Waals surface area contributed by atoms with Crippen molar-refractivity contribution in [2.45, 2.75) is 73.6 Å². The van der Waals surface area contributed by atoms with Crippen molar-refractivity contribution in [3.8, 4) is 23.0 Å². The third-order valence-electron chi connectivity index (χ3n) is 8.00. The molecule has 2 aromatic carbocycles. The largest absolute Gasteiger partial charge is 0.508 e. The topological polar surface area (TPSA) is 267 Å². The Labute approximate surface area is 237 Å². The van der Waals surface area contributed by atoms with Crippen LogP contribution in [0, 0.1) is 0 Å². The molecule has 3 heterocycles. The molecule has 3 aliphatic rings. The predicted octanol–water partition coefficient (Wildman–Crippen LogP) is -2.46. The van der Waals surface area contributed by atoms with Gasteiger partial charge in [-0.2, -0.15) is 0 Å². The summed E-state index contributed by atoms with van der Waals surface area (Å²) in [6.07, 6.45) is -19.4. The number of benzene rings is 2. The molecule has 11 atom stereocenters. The summed E-state index contributed by atoms with van der Waals surface area (Å²) in [6.45, 7) is -1.68. The molecule has 3 aliphatic heterocycles. The number of ketones is 1. The van der Waals surface area contributed by atoms with Gasteiger partial charge in [0.05, 0.1) is 30.8 Å². The van der Waals surface area contributed by atoms with Gasteiger partial charge in [0.2, 0.25) is 0 Å². The van der Waals surface area contributed by atoms with Gasteiger partial charge < -0.3 is 70.4 Å². The van der Waals surface area contributed by atoms with Crippen LogP contribution in [0.2, 0.25) is 0 Å². The van der Waals surface area contributed by atoms with Gasteiger partial charge in [0, 0.05) is 0 Å². The number of hydrogen-bond acceptors (Lipinski definition) is 15. The summed E-state index contributed by atoms with van der Waals surface area (Å²) in [5, 5.41) is 115. The van der Waals surface area contributed by atoms with Crippen LogP contribution in [0.5, 0.6) is 23.0 Å². The summed E-state index contributed by atoms with van der Waals surface area (Å²) in [4.78, 5) is 13.5. The molecule has 0 radical (unpaired) electrons. The summed E-state index contributed by atoms with van der Waals surface area (Å²) < 4.78 is 17.2. The predicted molar refractivity (Wildman–Crippen MR) is 136 cm³/mol. The number of phenolic OH excluding ortho intramolecular Hbond substituents is 3. The van der Waals surface area contributed by atoms with E-state index in [0.717, 1.165) is 0 Å². The SMILES string of the molecule is O=C1C[C@H](c2ccc(O)cc2)Oc2c1c(O)c([C@H]1O[C@@H](CO)[C@@H](O)[C@@H](O)[C@@H]1O)c(O)c2[C@H]1O[C@@H](CO)[C@@H](O)[C@@H](O)[C@@H]1O. The van der Waals surface area contributed by atoms with Crippen molar-refractivity contribution in [1.82, 2.24) is 0 Å². The molecule has 0 unspecified atom stereocenters. The molecule has 0 amide bonds. The van der Waals surface area contributed by atoms with Gasteiger partial charge in [-0.25, -0.2) is 0 Å². The minimum absolute atomic E-state index is 0.0669. The standard InChI is InChI=1S/C27H32O15/c28-6-12-17(32)21(36)23(38)26(41-12)15-19(34)14-10(31)5-11(8-1-3-9(30)4-2-8)40-25(14)16(20(15)35)27-24(39)22(37)18(33)13(7-29)42-27/h1-4,11-13,17-18,21-24,26-30,32-39H,5-7H2/t11-,12+,13+,17-,18-,21-,22-,23+,24+,26-,27-/m1/s1. The number of hydrogen-bond donors (Lipinski definition) is 11. The van der Waals surface area contributed by atoms with E-state index < -0.39 is 120 Å². The van der Waals surface area contributed by atoms with Gasteiger partial charge in [-0.1, -0.05) is 12.1 Å². The lowest BCUT2D eigenvalue weighted by atomic mass is 9.82. The fourth-order valence-electron chi connectivity index (χ4n) is 5.67. The second-order valence-corrected chi connectivity index (χ2v) is 10.6. The number of carbonyl (C=O) groups excluding carboxylic acids is 1. The molecule has 2 fully saturated rings. The molecular weight excluding hydrogens is 564 g/mol. The van der Waals surface area contributed by atoms with E-state index >= 15 is 0 Å². The molecule has 42 heavy (non-hydrogen) atoms. The Morgan fingerprint density at radius 2 is 1.17 bits per heavy atom. The zero-order valence-electron chi connectivity index (χ0n) is 21.8. The first kappa shape index (κ1) is 30.4. The molecule has 0 aliphatic carbocycles. The molecule has 11 N–H and O–H groups in total. The normalized spacial score (nSPS) is 36.8. The fourth-order valence-corrected chi connectivity index (χ4v) is 5.67. The maximum Gasteiger partial charge on any atom is 0.174 e. The lowest BCUT2D eigenvalue weighted by Crippen LogP contribution is -2.55. The van der Waals surface area contributed by atoms with Crippen molar-refractivity contribution in [3.63, 3.8) is 0 Å². The number of aliphatic hydroxyl groups excluding tert-OH is 8. The van der Waals surface area contributed by atoms with Crippen LogP contribution in [-0.4, -0.2) is 124 Å². The number of aliphatic hydroxyl groups is 8. The monoisotopic (exact) mass is 596 g/mol. The van der Waals surface area contributed by atoms with E-state index in [2.05, 4.69) is 0 Å². The number of aromatic hydroxyl groups is 3. The maximum atomic E-state index is 13.5.